The van der Waals surface area contributed by atoms with Crippen molar-refractivity contribution in [1.82, 2.24) is 4.98 Å². The van der Waals surface area contributed by atoms with Gasteiger partial charge >= 0.3 is 0 Å². The highest BCUT2D eigenvalue weighted by Crippen LogP contribution is 2.41. The molecule has 0 spiro atoms. The first-order valence-electron chi connectivity index (χ1n) is 6.82. The number of hydrogen-bond donors (Lipinski definition) is 1. The van der Waals surface area contributed by atoms with E-state index in [-0.39, 0.29) is 0 Å². The van der Waals surface area contributed by atoms with Gasteiger partial charge in [0, 0.05) is 46.5 Å². The molecule has 0 amide bonds. The number of nitrogens with one attached hydrogen (secondary N) is 1. The smallest absolute Gasteiger partial charge is 0.0476 e. The van der Waals surface area contributed by atoms with Crippen LogP contribution < -0.4 is 0 Å². The predicted octanol–water partition coefficient (Wildman–Crippen LogP) is 6.45. The lowest BCUT2D eigenvalue weighted by Crippen LogP contribution is -1.70. The van der Waals surface area contributed by atoms with Gasteiger partial charge in [0.15, 0.2) is 0 Å². The average molecular weight is 352 g/mol. The lowest BCUT2D eigenvalue weighted by atomic mass is 10.1. The molecule has 100 valence electrons. The monoisotopic (exact) mass is 351 g/mol. The number of thiophene rings is 1. The average Bonchev–Trinajstić information content (AvgIpc) is 3.03. The van der Waals surface area contributed by atoms with Crippen molar-refractivity contribution < 1.29 is 0 Å². The zero-order chi connectivity index (χ0) is 14.0. The van der Waals surface area contributed by atoms with Crippen LogP contribution in [-0.2, 0) is 0 Å². The Bertz CT molecular complexity index is 1150. The van der Waals surface area contributed by atoms with Crippen LogP contribution in [0.15, 0.2) is 59.1 Å². The molecule has 0 aliphatic rings. The van der Waals surface area contributed by atoms with Crippen molar-refractivity contribution in [2.75, 3.05) is 0 Å². The van der Waals surface area contributed by atoms with E-state index in [9.17, 15) is 0 Å². The minimum Gasteiger partial charge on any atom is -0.354 e. The molecule has 0 aliphatic heterocycles. The molecule has 0 saturated heterocycles. The Kier molecular flexibility index (Phi) is 2.29. The van der Waals surface area contributed by atoms with Gasteiger partial charge in [0.2, 0.25) is 0 Å². The summed E-state index contributed by atoms with van der Waals surface area (Å²) in [6, 6.07) is 19.6. The Labute approximate surface area is 133 Å². The minimum atomic E-state index is 1.10. The molecule has 3 heteroatoms. The van der Waals surface area contributed by atoms with E-state index in [4.69, 9.17) is 0 Å². The molecule has 3 aromatic carbocycles. The summed E-state index contributed by atoms with van der Waals surface area (Å²) in [5, 5.41) is 5.36. The summed E-state index contributed by atoms with van der Waals surface area (Å²) in [6.45, 7) is 0. The third kappa shape index (κ3) is 1.56. The summed E-state index contributed by atoms with van der Waals surface area (Å²) in [4.78, 5) is 3.54. The van der Waals surface area contributed by atoms with Crippen molar-refractivity contribution in [3.8, 4) is 0 Å². The van der Waals surface area contributed by atoms with Gasteiger partial charge in [-0.3, -0.25) is 0 Å². The van der Waals surface area contributed by atoms with Crippen LogP contribution in [0.1, 0.15) is 0 Å². The SMILES string of the molecule is Brc1ccc2c(c1)[nH]c1ccc3sc4ccccc4c3c12. The fourth-order valence-electron chi connectivity index (χ4n) is 3.18. The van der Waals surface area contributed by atoms with Crippen LogP contribution in [0.3, 0.4) is 0 Å². The van der Waals surface area contributed by atoms with Gasteiger partial charge in [-0.05, 0) is 30.3 Å². The molecular formula is C18H10BrNS. The fourth-order valence-corrected chi connectivity index (χ4v) is 4.66. The maximum atomic E-state index is 3.55. The first-order chi connectivity index (χ1) is 10.3. The van der Waals surface area contributed by atoms with E-state index in [1.54, 1.807) is 0 Å². The van der Waals surface area contributed by atoms with E-state index >= 15 is 0 Å². The summed E-state index contributed by atoms with van der Waals surface area (Å²) in [7, 11) is 0. The minimum absolute atomic E-state index is 1.10. The van der Waals surface area contributed by atoms with Crippen LogP contribution in [0.2, 0.25) is 0 Å². The van der Waals surface area contributed by atoms with Gasteiger partial charge in [0.1, 0.15) is 0 Å². The van der Waals surface area contributed by atoms with Gasteiger partial charge in [-0.25, -0.2) is 0 Å². The van der Waals surface area contributed by atoms with Crippen LogP contribution in [0.4, 0.5) is 0 Å². The number of aromatic nitrogens is 1. The quantitative estimate of drug-likeness (QED) is 0.330. The number of fused-ring (bicyclic) bond motifs is 7. The molecule has 0 saturated carbocycles. The second-order valence-corrected chi connectivity index (χ2v) is 7.27. The lowest BCUT2D eigenvalue weighted by molar-refractivity contribution is 1.54. The number of benzene rings is 3. The second-order valence-electron chi connectivity index (χ2n) is 5.27. The van der Waals surface area contributed by atoms with Gasteiger partial charge in [-0.1, -0.05) is 40.2 Å². The number of rotatable bonds is 0. The Hall–Kier alpha value is -1.84. The molecule has 5 rings (SSSR count). The molecule has 2 aromatic heterocycles. The molecular weight excluding hydrogens is 342 g/mol. The molecule has 1 N–H and O–H groups in total. The number of H-pyrrole nitrogens is 1. The van der Waals surface area contributed by atoms with Crippen LogP contribution in [-0.4, -0.2) is 4.98 Å². The number of halogens is 1. The van der Waals surface area contributed by atoms with E-state index in [2.05, 4.69) is 75.5 Å². The van der Waals surface area contributed by atoms with Gasteiger partial charge in [-0.2, -0.15) is 0 Å². The van der Waals surface area contributed by atoms with Crippen LogP contribution in [0, 0.1) is 0 Å². The van der Waals surface area contributed by atoms with E-state index < -0.39 is 0 Å². The lowest BCUT2D eigenvalue weighted by Gasteiger charge is -1.96. The van der Waals surface area contributed by atoms with Crippen molar-refractivity contribution in [3.05, 3.63) is 59.1 Å². The van der Waals surface area contributed by atoms with E-state index in [0.29, 0.717) is 0 Å². The highest BCUT2D eigenvalue weighted by molar-refractivity contribution is 9.10. The molecule has 0 atom stereocenters. The molecule has 0 aliphatic carbocycles. The highest BCUT2D eigenvalue weighted by Gasteiger charge is 2.12. The van der Waals surface area contributed by atoms with Gasteiger partial charge in [0.05, 0.1) is 0 Å². The Morgan fingerprint density at radius 2 is 1.67 bits per heavy atom. The fraction of sp³-hybridized carbons (Fsp3) is 0. The summed E-state index contributed by atoms with van der Waals surface area (Å²) < 4.78 is 3.81. The first-order valence-corrected chi connectivity index (χ1v) is 8.43. The van der Waals surface area contributed by atoms with Gasteiger partial charge in [0.25, 0.3) is 0 Å². The molecule has 1 nitrogen and oxygen atoms in total. The highest BCUT2D eigenvalue weighted by atomic mass is 79.9. The Balaban J connectivity index is 2.14. The Morgan fingerprint density at radius 1 is 0.762 bits per heavy atom. The molecule has 0 fully saturated rings. The molecule has 0 radical (unpaired) electrons. The predicted molar refractivity (Wildman–Crippen MR) is 96.4 cm³/mol. The van der Waals surface area contributed by atoms with E-state index in [1.165, 1.54) is 42.0 Å². The summed E-state index contributed by atoms with van der Waals surface area (Å²) in [5.74, 6) is 0. The van der Waals surface area contributed by atoms with E-state index in [0.717, 1.165) is 4.47 Å². The largest absolute Gasteiger partial charge is 0.354 e. The molecule has 0 bridgehead atoms. The first kappa shape index (κ1) is 11.8. The molecule has 21 heavy (non-hydrogen) atoms. The van der Waals surface area contributed by atoms with Crippen molar-refractivity contribution in [2.45, 2.75) is 0 Å². The van der Waals surface area contributed by atoms with E-state index in [1.807, 2.05) is 11.3 Å². The van der Waals surface area contributed by atoms with Crippen molar-refractivity contribution >= 4 is 69.2 Å². The van der Waals surface area contributed by atoms with Gasteiger partial charge < -0.3 is 4.98 Å². The van der Waals surface area contributed by atoms with Gasteiger partial charge in [-0.15, -0.1) is 11.3 Å². The topological polar surface area (TPSA) is 15.8 Å². The van der Waals surface area contributed by atoms with Crippen molar-refractivity contribution in [2.24, 2.45) is 0 Å². The normalized spacial score (nSPS) is 12.0. The third-order valence-corrected chi connectivity index (χ3v) is 5.69. The summed E-state index contributed by atoms with van der Waals surface area (Å²) in [5.41, 5.74) is 2.39. The maximum Gasteiger partial charge on any atom is 0.0476 e. The number of aromatic amines is 1. The van der Waals surface area contributed by atoms with Crippen molar-refractivity contribution in [3.63, 3.8) is 0 Å². The zero-order valence-corrected chi connectivity index (χ0v) is 13.4. The van der Waals surface area contributed by atoms with Crippen molar-refractivity contribution in [1.29, 1.82) is 0 Å². The van der Waals surface area contributed by atoms with Crippen LogP contribution in [0.25, 0.3) is 42.0 Å². The standard InChI is InChI=1S/C18H10BrNS/c19-10-5-6-11-14(9-10)20-13-7-8-16-18(17(11)13)12-3-1-2-4-15(12)21-16/h1-9,20H. The zero-order valence-electron chi connectivity index (χ0n) is 11.0. The van der Waals surface area contributed by atoms with Crippen LogP contribution >= 0.6 is 27.3 Å². The molecule has 2 heterocycles. The molecule has 5 aromatic rings. The second kappa shape index (κ2) is 4.09. The summed E-state index contributed by atoms with van der Waals surface area (Å²) in [6.07, 6.45) is 0. The Morgan fingerprint density at radius 3 is 2.62 bits per heavy atom. The molecule has 0 unspecified atom stereocenters. The number of hydrogen-bond acceptors (Lipinski definition) is 1. The summed E-state index contributed by atoms with van der Waals surface area (Å²) >= 11 is 5.42. The third-order valence-electron chi connectivity index (χ3n) is 4.06. The maximum absolute atomic E-state index is 3.55. The van der Waals surface area contributed by atoms with Crippen LogP contribution in [0.5, 0.6) is 0 Å².